The van der Waals surface area contributed by atoms with Crippen molar-refractivity contribution in [2.24, 2.45) is 12.8 Å². The van der Waals surface area contributed by atoms with Crippen LogP contribution in [0.4, 0.5) is 18.9 Å². The highest BCUT2D eigenvalue weighted by Gasteiger charge is 2.34. The Balaban J connectivity index is 1.61. The molecule has 1 aliphatic heterocycles. The number of aryl methyl sites for hydroxylation is 3. The molecule has 4 rings (SSSR count). The SMILES string of the molecule is Cn1cncc1CCc1ccc2c(c1)S/C(=C(/C(N)=O)c1nccc(C(F)(F)F)n1)N2. The van der Waals surface area contributed by atoms with Gasteiger partial charge in [0.25, 0.3) is 5.91 Å². The van der Waals surface area contributed by atoms with Crippen LogP contribution in [0.15, 0.2) is 52.9 Å². The third kappa shape index (κ3) is 4.41. The van der Waals surface area contributed by atoms with Crippen molar-refractivity contribution in [2.75, 3.05) is 5.32 Å². The maximum absolute atomic E-state index is 13.0. The van der Waals surface area contributed by atoms with E-state index in [1.165, 1.54) is 11.8 Å². The number of alkyl halides is 3. The average Bonchev–Trinajstić information content (AvgIpc) is 3.31. The number of halogens is 3. The molecule has 0 radical (unpaired) electrons. The van der Waals surface area contributed by atoms with Crippen LogP contribution in [0, 0.1) is 0 Å². The summed E-state index contributed by atoms with van der Waals surface area (Å²) in [5.41, 5.74) is 7.04. The quantitative estimate of drug-likeness (QED) is 0.583. The number of anilines is 1. The van der Waals surface area contributed by atoms with Gasteiger partial charge in [0, 0.05) is 30.0 Å². The number of hydrogen-bond donors (Lipinski definition) is 2. The smallest absolute Gasteiger partial charge is 0.365 e. The fourth-order valence-corrected chi connectivity index (χ4v) is 4.25. The number of hydrogen-bond acceptors (Lipinski definition) is 6. The number of fused-ring (bicyclic) bond motifs is 1. The molecule has 31 heavy (non-hydrogen) atoms. The van der Waals surface area contributed by atoms with E-state index in [1.54, 1.807) is 6.33 Å². The van der Waals surface area contributed by atoms with E-state index < -0.39 is 17.8 Å². The molecule has 0 saturated heterocycles. The predicted octanol–water partition coefficient (Wildman–Crippen LogP) is 3.39. The van der Waals surface area contributed by atoms with Crippen molar-refractivity contribution < 1.29 is 18.0 Å². The molecule has 7 nitrogen and oxygen atoms in total. The lowest BCUT2D eigenvalue weighted by Crippen LogP contribution is -2.19. The zero-order valence-corrected chi connectivity index (χ0v) is 17.1. The Morgan fingerprint density at radius 3 is 2.74 bits per heavy atom. The van der Waals surface area contributed by atoms with E-state index in [0.717, 1.165) is 46.9 Å². The van der Waals surface area contributed by atoms with E-state index in [4.69, 9.17) is 5.73 Å². The molecule has 3 heterocycles. The summed E-state index contributed by atoms with van der Waals surface area (Å²) in [5.74, 6) is -1.29. The third-order valence-corrected chi connectivity index (χ3v) is 5.80. The van der Waals surface area contributed by atoms with Crippen molar-refractivity contribution in [3.63, 3.8) is 0 Å². The summed E-state index contributed by atoms with van der Waals surface area (Å²) >= 11 is 1.21. The average molecular weight is 446 g/mol. The van der Waals surface area contributed by atoms with Gasteiger partial charge < -0.3 is 15.6 Å². The lowest BCUT2D eigenvalue weighted by Gasteiger charge is -2.09. The van der Waals surface area contributed by atoms with Gasteiger partial charge in [0.15, 0.2) is 5.82 Å². The molecule has 1 aliphatic rings. The van der Waals surface area contributed by atoms with Gasteiger partial charge in [-0.1, -0.05) is 17.8 Å². The zero-order valence-electron chi connectivity index (χ0n) is 16.3. The van der Waals surface area contributed by atoms with Crippen LogP contribution in [0.3, 0.4) is 0 Å². The van der Waals surface area contributed by atoms with Crippen LogP contribution in [0.5, 0.6) is 0 Å². The summed E-state index contributed by atoms with van der Waals surface area (Å²) in [6.45, 7) is 0. The van der Waals surface area contributed by atoms with Crippen LogP contribution in [0.2, 0.25) is 0 Å². The Kier molecular flexibility index (Phi) is 5.44. The maximum Gasteiger partial charge on any atom is 0.433 e. The monoisotopic (exact) mass is 446 g/mol. The molecule has 2 aromatic heterocycles. The Morgan fingerprint density at radius 1 is 1.26 bits per heavy atom. The largest absolute Gasteiger partial charge is 0.433 e. The highest BCUT2D eigenvalue weighted by Crippen LogP contribution is 2.44. The first-order valence-electron chi connectivity index (χ1n) is 9.20. The van der Waals surface area contributed by atoms with Gasteiger partial charge in [-0.15, -0.1) is 0 Å². The van der Waals surface area contributed by atoms with Crippen molar-refractivity contribution in [1.29, 1.82) is 0 Å². The third-order valence-electron chi connectivity index (χ3n) is 4.74. The summed E-state index contributed by atoms with van der Waals surface area (Å²) in [6, 6.07) is 6.53. The highest BCUT2D eigenvalue weighted by molar-refractivity contribution is 8.04. The normalized spacial score (nSPS) is 14.8. The van der Waals surface area contributed by atoms with E-state index in [-0.39, 0.29) is 11.4 Å². The molecule has 0 saturated carbocycles. The first kappa shape index (κ1) is 20.9. The fraction of sp³-hybridized carbons (Fsp3) is 0.200. The Bertz CT molecular complexity index is 1190. The van der Waals surface area contributed by atoms with Crippen molar-refractivity contribution >= 4 is 28.9 Å². The summed E-state index contributed by atoms with van der Waals surface area (Å²) in [6.07, 6.45) is 1.45. The molecular formula is C20H17F3N6OS. The number of carbonyl (C=O) groups is 1. The number of nitrogens with one attached hydrogen (secondary N) is 1. The van der Waals surface area contributed by atoms with Gasteiger partial charge in [-0.2, -0.15) is 13.2 Å². The number of carbonyl (C=O) groups excluding carboxylic acids is 1. The molecule has 0 bridgehead atoms. The molecule has 3 N–H and O–H groups in total. The van der Waals surface area contributed by atoms with Gasteiger partial charge in [0.1, 0.15) is 11.3 Å². The maximum atomic E-state index is 13.0. The number of thioether (sulfide) groups is 1. The van der Waals surface area contributed by atoms with Crippen molar-refractivity contribution in [3.05, 3.63) is 70.8 Å². The second-order valence-corrected chi connectivity index (χ2v) is 7.94. The number of nitrogens with two attached hydrogens (primary N) is 1. The number of amides is 1. The number of primary amides is 1. The van der Waals surface area contributed by atoms with E-state index >= 15 is 0 Å². The Morgan fingerprint density at radius 2 is 2.06 bits per heavy atom. The number of nitrogens with zero attached hydrogens (tertiary/aromatic N) is 4. The van der Waals surface area contributed by atoms with Gasteiger partial charge in [0.05, 0.1) is 17.0 Å². The van der Waals surface area contributed by atoms with Gasteiger partial charge in [-0.3, -0.25) is 4.79 Å². The lowest BCUT2D eigenvalue weighted by molar-refractivity contribution is -0.141. The molecule has 0 unspecified atom stereocenters. The molecule has 0 fully saturated rings. The van der Waals surface area contributed by atoms with Gasteiger partial charge in [0.2, 0.25) is 0 Å². The van der Waals surface area contributed by atoms with Gasteiger partial charge in [-0.05, 0) is 36.6 Å². The second-order valence-electron chi connectivity index (χ2n) is 6.89. The number of aromatic nitrogens is 4. The predicted molar refractivity (Wildman–Crippen MR) is 110 cm³/mol. The molecule has 1 aromatic carbocycles. The standard InChI is InChI=1S/C20H17F3N6OS/c1-29-10-25-9-12(29)4-2-11-3-5-13-14(8-11)31-19(27-13)16(17(24)30)18-26-7-6-15(28-18)20(21,22)23/h3,5-10,27H,2,4H2,1H3,(H2,24,30)/b19-16-. The fourth-order valence-electron chi connectivity index (χ4n) is 3.14. The van der Waals surface area contributed by atoms with Crippen LogP contribution in [-0.4, -0.2) is 25.4 Å². The van der Waals surface area contributed by atoms with Crippen molar-refractivity contribution in [1.82, 2.24) is 19.5 Å². The lowest BCUT2D eigenvalue weighted by atomic mass is 10.1. The van der Waals surface area contributed by atoms with Crippen molar-refractivity contribution in [3.8, 4) is 0 Å². The summed E-state index contributed by atoms with van der Waals surface area (Å²) < 4.78 is 41.0. The highest BCUT2D eigenvalue weighted by atomic mass is 32.2. The minimum absolute atomic E-state index is 0.191. The zero-order chi connectivity index (χ0) is 22.2. The minimum Gasteiger partial charge on any atom is -0.365 e. The van der Waals surface area contributed by atoms with E-state index in [0.29, 0.717) is 5.03 Å². The molecule has 0 atom stereocenters. The molecule has 11 heteroatoms. The van der Waals surface area contributed by atoms with Crippen LogP contribution in [0.25, 0.3) is 5.57 Å². The number of benzene rings is 1. The number of rotatable bonds is 5. The molecule has 3 aromatic rings. The van der Waals surface area contributed by atoms with E-state index in [2.05, 4.69) is 20.3 Å². The molecular weight excluding hydrogens is 429 g/mol. The van der Waals surface area contributed by atoms with Crippen molar-refractivity contribution in [2.45, 2.75) is 23.9 Å². The van der Waals surface area contributed by atoms with Crippen LogP contribution in [0.1, 0.15) is 22.8 Å². The second kappa shape index (κ2) is 8.06. The topological polar surface area (TPSA) is 98.7 Å². The molecule has 1 amide bonds. The molecule has 0 aliphatic carbocycles. The van der Waals surface area contributed by atoms with Gasteiger partial charge >= 0.3 is 6.18 Å². The van der Waals surface area contributed by atoms with E-state index in [9.17, 15) is 18.0 Å². The molecule has 160 valence electrons. The van der Waals surface area contributed by atoms with Crippen LogP contribution < -0.4 is 11.1 Å². The summed E-state index contributed by atoms with van der Waals surface area (Å²) in [7, 11) is 1.93. The first-order valence-corrected chi connectivity index (χ1v) is 10.0. The Labute approximate surface area is 179 Å². The van der Waals surface area contributed by atoms with Crippen LogP contribution in [-0.2, 0) is 30.9 Å². The van der Waals surface area contributed by atoms with Crippen LogP contribution >= 0.6 is 11.8 Å². The Hall–Kier alpha value is -3.34. The molecule has 0 spiro atoms. The number of imidazole rings is 1. The summed E-state index contributed by atoms with van der Waals surface area (Å²) in [5, 5.41) is 3.34. The van der Waals surface area contributed by atoms with Gasteiger partial charge in [-0.25, -0.2) is 15.0 Å². The minimum atomic E-state index is -4.66. The summed E-state index contributed by atoms with van der Waals surface area (Å²) in [4.78, 5) is 24.3. The van der Waals surface area contributed by atoms with E-state index in [1.807, 2.05) is 36.0 Å². The first-order chi connectivity index (χ1) is 14.7.